The van der Waals surface area contributed by atoms with E-state index in [4.69, 9.17) is 4.74 Å². The summed E-state index contributed by atoms with van der Waals surface area (Å²) in [7, 11) is 0. The number of nitrogens with one attached hydrogen (secondary N) is 1. The van der Waals surface area contributed by atoms with Crippen molar-refractivity contribution in [1.29, 1.82) is 0 Å². The van der Waals surface area contributed by atoms with Gasteiger partial charge in [-0.25, -0.2) is 0 Å². The molecule has 0 aromatic heterocycles. The first-order valence-corrected chi connectivity index (χ1v) is 6.50. The van der Waals surface area contributed by atoms with Crippen molar-refractivity contribution in [3.05, 3.63) is 12.2 Å². The van der Waals surface area contributed by atoms with Crippen LogP contribution in [0, 0.1) is 5.92 Å². The molecular formula is C13H21NO3. The minimum Gasteiger partial charge on any atom is -0.480 e. The summed E-state index contributed by atoms with van der Waals surface area (Å²) < 4.78 is 5.50. The second kappa shape index (κ2) is 6.17. The highest BCUT2D eigenvalue weighted by Crippen LogP contribution is 2.22. The topological polar surface area (TPSA) is 58.6 Å². The van der Waals surface area contributed by atoms with Crippen molar-refractivity contribution in [2.45, 2.75) is 44.2 Å². The van der Waals surface area contributed by atoms with Crippen molar-refractivity contribution in [2.24, 2.45) is 5.92 Å². The first-order chi connectivity index (χ1) is 8.27. The van der Waals surface area contributed by atoms with Crippen LogP contribution in [0.3, 0.4) is 0 Å². The molecule has 2 N–H and O–H groups in total. The number of allylic oxidation sites excluding steroid dienone is 2. The van der Waals surface area contributed by atoms with Gasteiger partial charge < -0.3 is 15.2 Å². The molecule has 2 rings (SSSR count). The molecule has 2 aliphatic rings. The Kier molecular flexibility index (Phi) is 4.57. The van der Waals surface area contributed by atoms with Crippen LogP contribution in [0.15, 0.2) is 12.2 Å². The van der Waals surface area contributed by atoms with E-state index in [1.165, 1.54) is 0 Å². The number of hydrogen-bond acceptors (Lipinski definition) is 3. The van der Waals surface area contributed by atoms with Crippen molar-refractivity contribution >= 4 is 5.97 Å². The van der Waals surface area contributed by atoms with Gasteiger partial charge in [-0.1, -0.05) is 12.2 Å². The van der Waals surface area contributed by atoms with Crippen molar-refractivity contribution in [3.8, 4) is 0 Å². The van der Waals surface area contributed by atoms with Crippen LogP contribution in [-0.2, 0) is 9.53 Å². The van der Waals surface area contributed by atoms with E-state index in [1.807, 2.05) is 0 Å². The molecule has 1 saturated heterocycles. The SMILES string of the molecule is O=C(O)C(NCC1CCCO1)C1CC=CCC1. The summed E-state index contributed by atoms with van der Waals surface area (Å²) in [5.74, 6) is -0.512. The number of rotatable bonds is 5. The number of carboxylic acid groups (broad SMARTS) is 1. The highest BCUT2D eigenvalue weighted by molar-refractivity contribution is 5.74. The maximum atomic E-state index is 11.3. The molecule has 0 saturated carbocycles. The predicted octanol–water partition coefficient (Wildman–Crippen LogP) is 1.56. The van der Waals surface area contributed by atoms with E-state index in [1.54, 1.807) is 0 Å². The summed E-state index contributed by atoms with van der Waals surface area (Å²) in [4.78, 5) is 11.3. The van der Waals surface area contributed by atoms with Gasteiger partial charge in [-0.15, -0.1) is 0 Å². The van der Waals surface area contributed by atoms with Gasteiger partial charge in [0.2, 0.25) is 0 Å². The second-order valence-corrected chi connectivity index (χ2v) is 4.90. The Hall–Kier alpha value is -0.870. The van der Waals surface area contributed by atoms with Gasteiger partial charge in [-0.05, 0) is 38.0 Å². The van der Waals surface area contributed by atoms with Gasteiger partial charge in [0, 0.05) is 13.2 Å². The van der Waals surface area contributed by atoms with Crippen LogP contribution < -0.4 is 5.32 Å². The number of carbonyl (C=O) groups is 1. The first kappa shape index (κ1) is 12.6. The normalized spacial score (nSPS) is 30.4. The standard InChI is InChI=1S/C13H21NO3/c15-13(16)12(10-5-2-1-3-6-10)14-9-11-7-4-8-17-11/h1-2,10-12,14H,3-9H2,(H,15,16). The maximum absolute atomic E-state index is 11.3. The van der Waals surface area contributed by atoms with E-state index in [-0.39, 0.29) is 12.0 Å². The van der Waals surface area contributed by atoms with E-state index >= 15 is 0 Å². The molecule has 1 fully saturated rings. The smallest absolute Gasteiger partial charge is 0.320 e. The van der Waals surface area contributed by atoms with Gasteiger partial charge in [-0.2, -0.15) is 0 Å². The molecule has 3 atom stereocenters. The molecule has 4 heteroatoms. The van der Waals surface area contributed by atoms with Crippen LogP contribution in [0.1, 0.15) is 32.1 Å². The van der Waals surface area contributed by atoms with E-state index in [0.717, 1.165) is 38.7 Å². The maximum Gasteiger partial charge on any atom is 0.320 e. The van der Waals surface area contributed by atoms with Crippen LogP contribution in [0.5, 0.6) is 0 Å². The largest absolute Gasteiger partial charge is 0.480 e. The summed E-state index contributed by atoms with van der Waals surface area (Å²) in [5.41, 5.74) is 0. The van der Waals surface area contributed by atoms with Crippen molar-refractivity contribution in [1.82, 2.24) is 5.32 Å². The van der Waals surface area contributed by atoms with E-state index in [0.29, 0.717) is 6.54 Å². The highest BCUT2D eigenvalue weighted by Gasteiger charge is 2.28. The van der Waals surface area contributed by atoms with Crippen LogP contribution in [0.4, 0.5) is 0 Å². The zero-order chi connectivity index (χ0) is 12.1. The van der Waals surface area contributed by atoms with Gasteiger partial charge in [0.25, 0.3) is 0 Å². The lowest BCUT2D eigenvalue weighted by Crippen LogP contribution is -2.46. The van der Waals surface area contributed by atoms with Gasteiger partial charge in [0.1, 0.15) is 6.04 Å². The van der Waals surface area contributed by atoms with Gasteiger partial charge >= 0.3 is 5.97 Å². The molecule has 1 aliphatic heterocycles. The molecule has 0 bridgehead atoms. The fourth-order valence-corrected chi connectivity index (χ4v) is 2.64. The molecule has 0 radical (unpaired) electrons. The first-order valence-electron chi connectivity index (χ1n) is 6.50. The predicted molar refractivity (Wildman–Crippen MR) is 64.9 cm³/mol. The molecule has 3 unspecified atom stereocenters. The highest BCUT2D eigenvalue weighted by atomic mass is 16.5. The summed E-state index contributed by atoms with van der Waals surface area (Å²) >= 11 is 0. The Morgan fingerprint density at radius 1 is 1.47 bits per heavy atom. The molecule has 0 spiro atoms. The third kappa shape index (κ3) is 3.54. The summed E-state index contributed by atoms with van der Waals surface area (Å²) in [6, 6.07) is -0.427. The zero-order valence-corrected chi connectivity index (χ0v) is 10.1. The number of carboxylic acids is 1. The molecule has 96 valence electrons. The van der Waals surface area contributed by atoms with E-state index in [9.17, 15) is 9.90 Å². The molecule has 4 nitrogen and oxygen atoms in total. The number of ether oxygens (including phenoxy) is 1. The zero-order valence-electron chi connectivity index (χ0n) is 10.1. The molecule has 17 heavy (non-hydrogen) atoms. The van der Waals surface area contributed by atoms with Gasteiger partial charge in [0.15, 0.2) is 0 Å². The number of hydrogen-bond donors (Lipinski definition) is 2. The fraction of sp³-hybridized carbons (Fsp3) is 0.769. The van der Waals surface area contributed by atoms with Crippen LogP contribution in [0.25, 0.3) is 0 Å². The average molecular weight is 239 g/mol. The molecule has 0 amide bonds. The van der Waals surface area contributed by atoms with Crippen molar-refractivity contribution in [3.63, 3.8) is 0 Å². The molecule has 0 aromatic rings. The van der Waals surface area contributed by atoms with Gasteiger partial charge in [-0.3, -0.25) is 4.79 Å². The van der Waals surface area contributed by atoms with Crippen LogP contribution >= 0.6 is 0 Å². The lowest BCUT2D eigenvalue weighted by molar-refractivity contribution is -0.141. The number of aliphatic carboxylic acids is 1. The lowest BCUT2D eigenvalue weighted by Gasteiger charge is -2.26. The Balaban J connectivity index is 1.83. The fourth-order valence-electron chi connectivity index (χ4n) is 2.64. The Bertz CT molecular complexity index is 284. The monoisotopic (exact) mass is 239 g/mol. The molecule has 1 heterocycles. The average Bonchev–Trinajstić information content (AvgIpc) is 2.83. The van der Waals surface area contributed by atoms with E-state index < -0.39 is 12.0 Å². The Labute approximate surface area is 102 Å². The van der Waals surface area contributed by atoms with E-state index in [2.05, 4.69) is 17.5 Å². The molecule has 0 aromatic carbocycles. The lowest BCUT2D eigenvalue weighted by atomic mass is 9.87. The molecule has 1 aliphatic carbocycles. The minimum atomic E-state index is -0.733. The Morgan fingerprint density at radius 2 is 2.35 bits per heavy atom. The summed E-state index contributed by atoms with van der Waals surface area (Å²) in [5, 5.41) is 12.4. The summed E-state index contributed by atoms with van der Waals surface area (Å²) in [6.07, 6.45) is 9.40. The quantitative estimate of drug-likeness (QED) is 0.715. The van der Waals surface area contributed by atoms with Crippen LogP contribution in [-0.4, -0.2) is 36.4 Å². The van der Waals surface area contributed by atoms with Gasteiger partial charge in [0.05, 0.1) is 6.10 Å². The molecular weight excluding hydrogens is 218 g/mol. The van der Waals surface area contributed by atoms with Crippen molar-refractivity contribution < 1.29 is 14.6 Å². The third-order valence-electron chi connectivity index (χ3n) is 3.64. The Morgan fingerprint density at radius 3 is 2.94 bits per heavy atom. The van der Waals surface area contributed by atoms with Crippen LogP contribution in [0.2, 0.25) is 0 Å². The van der Waals surface area contributed by atoms with Crippen molar-refractivity contribution in [2.75, 3.05) is 13.2 Å². The second-order valence-electron chi connectivity index (χ2n) is 4.90. The minimum absolute atomic E-state index is 0.205. The third-order valence-corrected chi connectivity index (χ3v) is 3.64. The summed E-state index contributed by atoms with van der Waals surface area (Å²) in [6.45, 7) is 1.48.